The third-order valence-electron chi connectivity index (χ3n) is 5.41. The number of hydrogen-bond donors (Lipinski definition) is 1. The van der Waals surface area contributed by atoms with Gasteiger partial charge in [-0.25, -0.2) is 0 Å². The molecule has 3 aromatic rings. The zero-order valence-corrected chi connectivity index (χ0v) is 17.9. The van der Waals surface area contributed by atoms with Crippen LogP contribution in [0.5, 0.6) is 11.5 Å². The van der Waals surface area contributed by atoms with Gasteiger partial charge in [0, 0.05) is 18.1 Å². The summed E-state index contributed by atoms with van der Waals surface area (Å²) < 4.78 is 10.6. The number of anilines is 1. The number of methoxy groups -OCH3 is 2. The van der Waals surface area contributed by atoms with Crippen molar-refractivity contribution in [1.82, 2.24) is 4.98 Å². The molecule has 0 spiro atoms. The SMILES string of the molecule is COc1ccc(N2C(=O)C(=O)/C(=C(/O)c3cc(C)ccc3OC)C2c2cccnc2)cc1. The average Bonchev–Trinajstić information content (AvgIpc) is 3.09. The van der Waals surface area contributed by atoms with Gasteiger partial charge >= 0.3 is 0 Å². The average molecular weight is 430 g/mol. The second kappa shape index (κ2) is 8.55. The van der Waals surface area contributed by atoms with Crippen molar-refractivity contribution in [1.29, 1.82) is 0 Å². The van der Waals surface area contributed by atoms with Crippen molar-refractivity contribution in [3.8, 4) is 11.5 Å². The molecule has 1 aliphatic heterocycles. The summed E-state index contributed by atoms with van der Waals surface area (Å²) in [6, 6.07) is 14.7. The van der Waals surface area contributed by atoms with Crippen LogP contribution in [0.15, 0.2) is 72.6 Å². The van der Waals surface area contributed by atoms with Gasteiger partial charge in [0.15, 0.2) is 0 Å². The summed E-state index contributed by atoms with van der Waals surface area (Å²) in [5, 5.41) is 11.3. The van der Waals surface area contributed by atoms with Gasteiger partial charge in [0.2, 0.25) is 0 Å². The number of carbonyl (C=O) groups excluding carboxylic acids is 2. The van der Waals surface area contributed by atoms with Crippen LogP contribution in [0.4, 0.5) is 5.69 Å². The summed E-state index contributed by atoms with van der Waals surface area (Å²) in [6.07, 6.45) is 3.18. The van der Waals surface area contributed by atoms with E-state index in [4.69, 9.17) is 9.47 Å². The lowest BCUT2D eigenvalue weighted by atomic mass is 9.95. The van der Waals surface area contributed by atoms with Gasteiger partial charge in [0.05, 0.1) is 31.4 Å². The Morgan fingerprint density at radius 3 is 2.41 bits per heavy atom. The number of ether oxygens (including phenoxy) is 2. The van der Waals surface area contributed by atoms with E-state index in [0.717, 1.165) is 5.56 Å². The molecule has 32 heavy (non-hydrogen) atoms. The molecule has 0 bridgehead atoms. The summed E-state index contributed by atoms with van der Waals surface area (Å²) in [6.45, 7) is 1.87. The number of amides is 1. The number of aryl methyl sites for hydroxylation is 1. The first-order chi connectivity index (χ1) is 15.5. The first-order valence-corrected chi connectivity index (χ1v) is 9.96. The number of Topliss-reactive ketones (excluding diaryl/α,β-unsaturated/α-hetero) is 1. The summed E-state index contributed by atoms with van der Waals surface area (Å²) in [5.41, 5.74) is 2.28. The van der Waals surface area contributed by atoms with Crippen LogP contribution in [0.2, 0.25) is 0 Å². The van der Waals surface area contributed by atoms with Gasteiger partial charge in [-0.2, -0.15) is 0 Å². The first-order valence-electron chi connectivity index (χ1n) is 9.96. The zero-order chi connectivity index (χ0) is 22.8. The molecule has 1 saturated heterocycles. The minimum absolute atomic E-state index is 0.0253. The molecular formula is C25H22N2O5. The van der Waals surface area contributed by atoms with Crippen LogP contribution < -0.4 is 14.4 Å². The fourth-order valence-corrected chi connectivity index (χ4v) is 3.85. The number of hydrogen-bond acceptors (Lipinski definition) is 6. The number of benzene rings is 2. The van der Waals surface area contributed by atoms with Gasteiger partial charge in [0.1, 0.15) is 17.3 Å². The normalized spacial score (nSPS) is 17.5. The summed E-state index contributed by atoms with van der Waals surface area (Å²) in [4.78, 5) is 31.9. The van der Waals surface area contributed by atoms with Gasteiger partial charge in [-0.15, -0.1) is 0 Å². The van der Waals surface area contributed by atoms with Crippen molar-refractivity contribution in [2.45, 2.75) is 13.0 Å². The highest BCUT2D eigenvalue weighted by molar-refractivity contribution is 6.51. The Morgan fingerprint density at radius 2 is 1.78 bits per heavy atom. The largest absolute Gasteiger partial charge is 0.507 e. The zero-order valence-electron chi connectivity index (χ0n) is 17.9. The molecule has 1 aromatic heterocycles. The second-order valence-corrected chi connectivity index (χ2v) is 7.36. The maximum atomic E-state index is 13.2. The lowest BCUT2D eigenvalue weighted by Crippen LogP contribution is -2.29. The van der Waals surface area contributed by atoms with Crippen LogP contribution in [-0.4, -0.2) is 36.0 Å². The molecule has 0 radical (unpaired) electrons. The number of rotatable bonds is 5. The van der Waals surface area contributed by atoms with Crippen molar-refractivity contribution < 1.29 is 24.2 Å². The highest BCUT2D eigenvalue weighted by Crippen LogP contribution is 2.43. The minimum Gasteiger partial charge on any atom is -0.507 e. The topological polar surface area (TPSA) is 89.0 Å². The Labute approximate surface area is 185 Å². The molecule has 7 nitrogen and oxygen atoms in total. The molecule has 1 N–H and O–H groups in total. The summed E-state index contributed by atoms with van der Waals surface area (Å²) >= 11 is 0. The van der Waals surface area contributed by atoms with Gasteiger partial charge in [-0.05, 0) is 55.0 Å². The summed E-state index contributed by atoms with van der Waals surface area (Å²) in [7, 11) is 3.03. The van der Waals surface area contributed by atoms with Crippen LogP contribution in [0.25, 0.3) is 5.76 Å². The lowest BCUT2D eigenvalue weighted by Gasteiger charge is -2.25. The van der Waals surface area contributed by atoms with E-state index in [9.17, 15) is 14.7 Å². The first kappa shape index (κ1) is 21.1. The van der Waals surface area contributed by atoms with Crippen LogP contribution in [0, 0.1) is 6.92 Å². The number of ketones is 1. The maximum Gasteiger partial charge on any atom is 0.300 e. The number of aromatic nitrogens is 1. The molecule has 2 aromatic carbocycles. The number of nitrogens with zero attached hydrogens (tertiary/aromatic N) is 2. The van der Waals surface area contributed by atoms with E-state index in [0.29, 0.717) is 28.3 Å². The molecular weight excluding hydrogens is 408 g/mol. The van der Waals surface area contributed by atoms with E-state index in [2.05, 4.69) is 4.98 Å². The van der Waals surface area contributed by atoms with Gasteiger partial charge in [-0.1, -0.05) is 17.7 Å². The Bertz CT molecular complexity index is 1200. The number of carbonyl (C=O) groups is 2. The molecule has 1 fully saturated rings. The van der Waals surface area contributed by atoms with Crippen LogP contribution >= 0.6 is 0 Å². The van der Waals surface area contributed by atoms with Crippen LogP contribution in [-0.2, 0) is 9.59 Å². The standard InChI is InChI=1S/C25H22N2O5/c1-15-6-11-20(32-3)19(13-15)23(28)21-22(16-5-4-12-26-14-16)27(25(30)24(21)29)17-7-9-18(31-2)10-8-17/h4-14,22,28H,1-3H3/b23-21+. The van der Waals surface area contributed by atoms with Gasteiger partial charge in [0.25, 0.3) is 11.7 Å². The molecule has 0 aliphatic carbocycles. The fourth-order valence-electron chi connectivity index (χ4n) is 3.85. The monoisotopic (exact) mass is 430 g/mol. The second-order valence-electron chi connectivity index (χ2n) is 7.36. The van der Waals surface area contributed by atoms with Crippen LogP contribution in [0.1, 0.15) is 22.7 Å². The molecule has 1 aliphatic rings. The molecule has 162 valence electrons. The quantitative estimate of drug-likeness (QED) is 0.373. The highest BCUT2D eigenvalue weighted by Gasteiger charge is 2.47. The van der Waals surface area contributed by atoms with Crippen molar-refractivity contribution in [2.75, 3.05) is 19.1 Å². The number of aliphatic hydroxyl groups excluding tert-OH is 1. The Morgan fingerprint density at radius 1 is 1.03 bits per heavy atom. The van der Waals surface area contributed by atoms with Crippen molar-refractivity contribution in [3.63, 3.8) is 0 Å². The molecule has 0 saturated carbocycles. The van der Waals surface area contributed by atoms with Crippen LogP contribution in [0.3, 0.4) is 0 Å². The molecule has 4 rings (SSSR count). The van der Waals surface area contributed by atoms with E-state index < -0.39 is 17.7 Å². The van der Waals surface area contributed by atoms with E-state index in [-0.39, 0.29) is 11.3 Å². The summed E-state index contributed by atoms with van der Waals surface area (Å²) in [5.74, 6) is -0.803. The maximum absolute atomic E-state index is 13.2. The third kappa shape index (κ3) is 3.58. The predicted molar refractivity (Wildman–Crippen MR) is 120 cm³/mol. The highest BCUT2D eigenvalue weighted by atomic mass is 16.5. The van der Waals surface area contributed by atoms with Gasteiger partial charge < -0.3 is 14.6 Å². The van der Waals surface area contributed by atoms with Gasteiger partial charge in [-0.3, -0.25) is 19.5 Å². The fraction of sp³-hybridized carbons (Fsp3) is 0.160. The Balaban J connectivity index is 1.95. The predicted octanol–water partition coefficient (Wildman–Crippen LogP) is 4.03. The number of pyridine rings is 1. The lowest BCUT2D eigenvalue weighted by molar-refractivity contribution is -0.132. The van der Waals surface area contributed by atoms with E-state index in [1.54, 1.807) is 68.0 Å². The molecule has 1 atom stereocenters. The van der Waals surface area contributed by atoms with Crippen molar-refractivity contribution >= 4 is 23.1 Å². The Kier molecular flexibility index (Phi) is 5.64. The van der Waals surface area contributed by atoms with E-state index in [1.807, 2.05) is 13.0 Å². The van der Waals surface area contributed by atoms with E-state index in [1.165, 1.54) is 12.0 Å². The molecule has 1 unspecified atom stereocenters. The Hall–Kier alpha value is -4.13. The molecule has 2 heterocycles. The van der Waals surface area contributed by atoms with Crippen molar-refractivity contribution in [3.05, 3.63) is 89.3 Å². The van der Waals surface area contributed by atoms with Crippen molar-refractivity contribution in [2.24, 2.45) is 0 Å². The third-order valence-corrected chi connectivity index (χ3v) is 5.41. The minimum atomic E-state index is -0.859. The molecule has 1 amide bonds. The van der Waals surface area contributed by atoms with E-state index >= 15 is 0 Å². The number of aliphatic hydroxyl groups is 1. The molecule has 7 heteroatoms. The smallest absolute Gasteiger partial charge is 0.300 e.